The molecule has 0 bridgehead atoms. The number of hydrogen-bond donors (Lipinski definition) is 0. The summed E-state index contributed by atoms with van der Waals surface area (Å²) in [6.07, 6.45) is 2.96. The Morgan fingerprint density at radius 2 is 2.03 bits per heavy atom. The van der Waals surface area contributed by atoms with Gasteiger partial charge < -0.3 is 14.2 Å². The molecule has 2 heterocycles. The van der Waals surface area contributed by atoms with Gasteiger partial charge in [0.1, 0.15) is 23.9 Å². The van der Waals surface area contributed by atoms with Gasteiger partial charge in [-0.3, -0.25) is 4.79 Å². The fourth-order valence-corrected chi connectivity index (χ4v) is 3.77. The Kier molecular flexibility index (Phi) is 5.60. The number of piperidine rings is 1. The molecule has 6 heteroatoms. The summed E-state index contributed by atoms with van der Waals surface area (Å²) in [5.74, 6) is 0.385. The van der Waals surface area contributed by atoms with Gasteiger partial charge in [0.25, 0.3) is 5.91 Å². The second-order valence-electron chi connectivity index (χ2n) is 7.23. The van der Waals surface area contributed by atoms with Crippen LogP contribution >= 0.6 is 0 Å². The molecule has 1 fully saturated rings. The van der Waals surface area contributed by atoms with E-state index in [-0.39, 0.29) is 30.1 Å². The van der Waals surface area contributed by atoms with Crippen molar-refractivity contribution in [3.05, 3.63) is 83.0 Å². The molecule has 1 unspecified atom stereocenters. The van der Waals surface area contributed by atoms with Crippen LogP contribution < -0.4 is 4.74 Å². The summed E-state index contributed by atoms with van der Waals surface area (Å²) in [5.41, 5.74) is 1.98. The van der Waals surface area contributed by atoms with Gasteiger partial charge >= 0.3 is 0 Å². The zero-order valence-electron chi connectivity index (χ0n) is 16.3. The Bertz CT molecular complexity index is 987. The molecule has 1 aliphatic heterocycles. The van der Waals surface area contributed by atoms with Crippen molar-refractivity contribution in [1.29, 1.82) is 0 Å². The Labute approximate surface area is 169 Å². The summed E-state index contributed by atoms with van der Waals surface area (Å²) in [6.45, 7) is 2.51. The number of ether oxygens (including phenoxy) is 1. The largest absolute Gasteiger partial charge is 0.489 e. The van der Waals surface area contributed by atoms with Gasteiger partial charge in [-0.1, -0.05) is 41.6 Å². The first kappa shape index (κ1) is 19.2. The second-order valence-corrected chi connectivity index (χ2v) is 7.23. The maximum atomic E-state index is 13.4. The van der Waals surface area contributed by atoms with E-state index in [1.54, 1.807) is 19.1 Å². The monoisotopic (exact) mass is 394 g/mol. The van der Waals surface area contributed by atoms with Crippen molar-refractivity contribution in [2.75, 3.05) is 6.54 Å². The van der Waals surface area contributed by atoms with Gasteiger partial charge in [-0.25, -0.2) is 4.39 Å². The van der Waals surface area contributed by atoms with Crippen LogP contribution in [0.2, 0.25) is 0 Å². The normalized spacial score (nSPS) is 16.6. The highest BCUT2D eigenvalue weighted by Gasteiger charge is 2.32. The molecular formula is C23H23FN2O3. The Morgan fingerprint density at radius 1 is 1.21 bits per heavy atom. The summed E-state index contributed by atoms with van der Waals surface area (Å²) >= 11 is 0. The fraction of sp³-hybridized carbons (Fsp3) is 0.304. The number of halogens is 1. The number of nitrogens with zero attached hydrogens (tertiary/aromatic N) is 2. The number of amides is 1. The van der Waals surface area contributed by atoms with E-state index in [0.29, 0.717) is 23.6 Å². The van der Waals surface area contributed by atoms with Crippen LogP contribution in [-0.4, -0.2) is 22.5 Å². The van der Waals surface area contributed by atoms with Crippen LogP contribution in [0.15, 0.2) is 59.1 Å². The molecule has 0 saturated carbocycles. The topological polar surface area (TPSA) is 55.6 Å². The van der Waals surface area contributed by atoms with Crippen molar-refractivity contribution in [2.24, 2.45) is 0 Å². The molecule has 3 aromatic rings. The lowest BCUT2D eigenvalue weighted by Gasteiger charge is -2.35. The summed E-state index contributed by atoms with van der Waals surface area (Å²) < 4.78 is 24.4. The highest BCUT2D eigenvalue weighted by Crippen LogP contribution is 2.32. The minimum Gasteiger partial charge on any atom is -0.489 e. The molecule has 0 radical (unpaired) electrons. The van der Waals surface area contributed by atoms with E-state index in [1.165, 1.54) is 12.1 Å². The Morgan fingerprint density at radius 3 is 2.83 bits per heavy atom. The lowest BCUT2D eigenvalue weighted by Crippen LogP contribution is -2.39. The van der Waals surface area contributed by atoms with Gasteiger partial charge in [0, 0.05) is 12.6 Å². The number of carbonyl (C=O) groups is 1. The van der Waals surface area contributed by atoms with Crippen LogP contribution in [0.1, 0.15) is 52.7 Å². The summed E-state index contributed by atoms with van der Waals surface area (Å²) in [4.78, 5) is 15.2. The van der Waals surface area contributed by atoms with Gasteiger partial charge in [-0.2, -0.15) is 0 Å². The Balaban J connectivity index is 1.56. The van der Waals surface area contributed by atoms with E-state index in [9.17, 15) is 9.18 Å². The average molecular weight is 394 g/mol. The van der Waals surface area contributed by atoms with Crippen LogP contribution in [0.25, 0.3) is 0 Å². The number of likely N-dealkylation sites (tertiary alicyclic amines) is 1. The van der Waals surface area contributed by atoms with Crippen LogP contribution in [0.5, 0.6) is 5.75 Å². The second kappa shape index (κ2) is 8.47. The van der Waals surface area contributed by atoms with E-state index < -0.39 is 0 Å². The predicted molar refractivity (Wildman–Crippen MR) is 106 cm³/mol. The first-order chi connectivity index (χ1) is 14.1. The molecular weight excluding hydrogens is 371 g/mol. The van der Waals surface area contributed by atoms with Crippen molar-refractivity contribution >= 4 is 5.91 Å². The van der Waals surface area contributed by atoms with Gasteiger partial charge in [0.15, 0.2) is 5.69 Å². The van der Waals surface area contributed by atoms with Crippen molar-refractivity contribution in [3.63, 3.8) is 0 Å². The number of rotatable bonds is 5. The number of aryl methyl sites for hydroxylation is 1. The minimum absolute atomic E-state index is 0.0199. The standard InChI is InChI=1S/C23H23FN2O3/c1-16-20(15-28-19-11-7-10-18(24)14-19)22(25-29-16)23(27)26-13-6-5-12-21(26)17-8-3-2-4-9-17/h2-4,7-11,14,21H,5-6,12-13,15H2,1H3. The molecule has 150 valence electrons. The molecule has 1 amide bonds. The van der Waals surface area contributed by atoms with Crippen molar-refractivity contribution in [2.45, 2.75) is 38.8 Å². The van der Waals surface area contributed by atoms with E-state index >= 15 is 0 Å². The summed E-state index contributed by atoms with van der Waals surface area (Å²) in [6, 6.07) is 16.0. The fourth-order valence-electron chi connectivity index (χ4n) is 3.77. The molecule has 5 nitrogen and oxygen atoms in total. The van der Waals surface area contributed by atoms with Crippen molar-refractivity contribution in [1.82, 2.24) is 10.1 Å². The predicted octanol–water partition coefficient (Wildman–Crippen LogP) is 5.07. The molecule has 0 spiro atoms. The highest BCUT2D eigenvalue weighted by molar-refractivity contribution is 5.94. The van der Waals surface area contributed by atoms with Crippen LogP contribution in [0.3, 0.4) is 0 Å². The summed E-state index contributed by atoms with van der Waals surface area (Å²) in [5, 5.41) is 4.03. The van der Waals surface area contributed by atoms with Crippen LogP contribution in [0, 0.1) is 12.7 Å². The number of aromatic nitrogens is 1. The zero-order chi connectivity index (χ0) is 20.2. The SMILES string of the molecule is Cc1onc(C(=O)N2CCCCC2c2ccccc2)c1COc1cccc(F)c1. The van der Waals surface area contributed by atoms with Gasteiger partial charge in [-0.05, 0) is 43.9 Å². The molecule has 0 aliphatic carbocycles. The highest BCUT2D eigenvalue weighted by atomic mass is 19.1. The quantitative estimate of drug-likeness (QED) is 0.606. The van der Waals surface area contributed by atoms with Crippen LogP contribution in [0.4, 0.5) is 4.39 Å². The third-order valence-electron chi connectivity index (χ3n) is 5.31. The Hall–Kier alpha value is -3.15. The van der Waals surface area contributed by atoms with Crippen LogP contribution in [-0.2, 0) is 6.61 Å². The van der Waals surface area contributed by atoms with Gasteiger partial charge in [0.2, 0.25) is 0 Å². The van der Waals surface area contributed by atoms with E-state index in [2.05, 4.69) is 17.3 Å². The van der Waals surface area contributed by atoms with E-state index in [4.69, 9.17) is 9.26 Å². The maximum absolute atomic E-state index is 13.4. The molecule has 2 aromatic carbocycles. The van der Waals surface area contributed by atoms with Crippen molar-refractivity contribution in [3.8, 4) is 5.75 Å². The van der Waals surface area contributed by atoms with E-state index in [0.717, 1.165) is 24.8 Å². The lowest BCUT2D eigenvalue weighted by atomic mass is 9.94. The molecule has 1 saturated heterocycles. The third kappa shape index (κ3) is 4.16. The minimum atomic E-state index is -0.375. The number of carbonyl (C=O) groups excluding carboxylic acids is 1. The molecule has 4 rings (SSSR count). The first-order valence-corrected chi connectivity index (χ1v) is 9.83. The van der Waals surface area contributed by atoms with Gasteiger partial charge in [0.05, 0.1) is 11.6 Å². The molecule has 1 aliphatic rings. The molecule has 29 heavy (non-hydrogen) atoms. The lowest BCUT2D eigenvalue weighted by molar-refractivity contribution is 0.0598. The third-order valence-corrected chi connectivity index (χ3v) is 5.31. The average Bonchev–Trinajstić information content (AvgIpc) is 3.13. The smallest absolute Gasteiger partial charge is 0.276 e. The first-order valence-electron chi connectivity index (χ1n) is 9.83. The number of hydrogen-bond acceptors (Lipinski definition) is 4. The molecule has 0 N–H and O–H groups in total. The molecule has 1 aromatic heterocycles. The van der Waals surface area contributed by atoms with E-state index in [1.807, 2.05) is 23.1 Å². The van der Waals surface area contributed by atoms with Gasteiger partial charge in [-0.15, -0.1) is 0 Å². The zero-order valence-corrected chi connectivity index (χ0v) is 16.3. The number of benzene rings is 2. The summed E-state index contributed by atoms with van der Waals surface area (Å²) in [7, 11) is 0. The van der Waals surface area contributed by atoms with Crippen molar-refractivity contribution < 1.29 is 18.4 Å². The molecule has 1 atom stereocenters. The maximum Gasteiger partial charge on any atom is 0.276 e.